The molecule has 0 saturated heterocycles. The summed E-state index contributed by atoms with van der Waals surface area (Å²) in [6.45, 7) is 5.27. The molecule has 0 saturated carbocycles. The maximum Gasteiger partial charge on any atom is 0.408 e. The summed E-state index contributed by atoms with van der Waals surface area (Å²) in [6.07, 6.45) is 0.810. The number of aromatic carboxylic acids is 1. The van der Waals surface area contributed by atoms with Crippen LogP contribution in [0.15, 0.2) is 41.0 Å². The Labute approximate surface area is 139 Å². The fourth-order valence-electron chi connectivity index (χ4n) is 2.05. The summed E-state index contributed by atoms with van der Waals surface area (Å²) < 4.78 is 10.5. The molecule has 0 unspecified atom stereocenters. The minimum Gasteiger partial charge on any atom is -0.476 e. The van der Waals surface area contributed by atoms with Crippen molar-refractivity contribution < 1.29 is 23.8 Å². The van der Waals surface area contributed by atoms with E-state index in [4.69, 9.17) is 14.3 Å². The smallest absolute Gasteiger partial charge is 0.408 e. The fourth-order valence-corrected chi connectivity index (χ4v) is 2.05. The van der Waals surface area contributed by atoms with Crippen molar-refractivity contribution >= 4 is 12.1 Å². The van der Waals surface area contributed by atoms with Gasteiger partial charge in [0.15, 0.2) is 5.69 Å². The predicted octanol–water partition coefficient (Wildman–Crippen LogP) is 3.18. The molecule has 0 bridgehead atoms. The van der Waals surface area contributed by atoms with Crippen LogP contribution in [-0.2, 0) is 11.2 Å². The van der Waals surface area contributed by atoms with Gasteiger partial charge in [-0.15, -0.1) is 0 Å². The summed E-state index contributed by atoms with van der Waals surface area (Å²) in [5.74, 6) is -1.08. The molecule has 1 aromatic carbocycles. The average molecular weight is 332 g/mol. The van der Waals surface area contributed by atoms with E-state index in [1.165, 1.54) is 0 Å². The monoisotopic (exact) mass is 332 g/mol. The van der Waals surface area contributed by atoms with E-state index in [9.17, 15) is 9.59 Å². The number of benzene rings is 1. The zero-order chi connectivity index (χ0) is 17.7. The fraction of sp³-hybridized carbons (Fsp3) is 0.353. The van der Waals surface area contributed by atoms with E-state index in [0.717, 1.165) is 11.8 Å². The van der Waals surface area contributed by atoms with Crippen LogP contribution in [0, 0.1) is 0 Å². The molecule has 2 aromatic rings. The van der Waals surface area contributed by atoms with Gasteiger partial charge < -0.3 is 19.6 Å². The highest BCUT2D eigenvalue weighted by atomic mass is 16.6. The van der Waals surface area contributed by atoms with Crippen LogP contribution in [0.5, 0.6) is 0 Å². The van der Waals surface area contributed by atoms with Crippen molar-refractivity contribution in [3.63, 3.8) is 0 Å². The first-order chi connectivity index (χ1) is 11.2. The zero-order valence-electron chi connectivity index (χ0n) is 13.8. The van der Waals surface area contributed by atoms with Gasteiger partial charge in [0.2, 0.25) is 5.89 Å². The lowest BCUT2D eigenvalue weighted by Gasteiger charge is -2.22. The van der Waals surface area contributed by atoms with Crippen LogP contribution in [0.25, 0.3) is 0 Å². The van der Waals surface area contributed by atoms with Crippen molar-refractivity contribution in [3.05, 3.63) is 53.7 Å². The van der Waals surface area contributed by atoms with Crippen LogP contribution >= 0.6 is 0 Å². The molecular formula is C17H20N2O5. The summed E-state index contributed by atoms with van der Waals surface area (Å²) in [6, 6.07) is 8.77. The second kappa shape index (κ2) is 7.16. The van der Waals surface area contributed by atoms with Crippen molar-refractivity contribution in [3.8, 4) is 0 Å². The maximum absolute atomic E-state index is 12.1. The van der Waals surface area contributed by atoms with Gasteiger partial charge in [0.25, 0.3) is 0 Å². The molecule has 1 atom stereocenters. The number of aromatic nitrogens is 1. The van der Waals surface area contributed by atoms with Crippen LogP contribution < -0.4 is 5.32 Å². The predicted molar refractivity (Wildman–Crippen MR) is 85.7 cm³/mol. The summed E-state index contributed by atoms with van der Waals surface area (Å²) in [5, 5.41) is 11.7. The summed E-state index contributed by atoms with van der Waals surface area (Å²) >= 11 is 0. The molecule has 0 aliphatic carbocycles. The highest BCUT2D eigenvalue weighted by Crippen LogP contribution is 2.19. The van der Waals surface area contributed by atoms with Gasteiger partial charge in [-0.1, -0.05) is 30.3 Å². The number of ether oxygens (including phenoxy) is 1. The van der Waals surface area contributed by atoms with Gasteiger partial charge in [-0.05, 0) is 26.3 Å². The Balaban J connectivity index is 2.20. The number of nitrogens with one attached hydrogen (secondary N) is 1. The number of amides is 1. The molecule has 0 spiro atoms. The van der Waals surface area contributed by atoms with Gasteiger partial charge in [0.05, 0.1) is 0 Å². The molecule has 0 radical (unpaired) electrons. The quantitative estimate of drug-likeness (QED) is 0.872. The molecule has 0 aliphatic rings. The van der Waals surface area contributed by atoms with Crippen molar-refractivity contribution in [2.45, 2.75) is 38.8 Å². The molecule has 1 heterocycles. The van der Waals surface area contributed by atoms with Crippen LogP contribution in [0.3, 0.4) is 0 Å². The number of alkyl carbamates (subject to hydrolysis) is 1. The number of carboxylic acids is 1. The van der Waals surface area contributed by atoms with Crippen LogP contribution in [-0.4, -0.2) is 27.8 Å². The van der Waals surface area contributed by atoms with Gasteiger partial charge in [-0.2, -0.15) is 0 Å². The Bertz CT molecular complexity index is 703. The first-order valence-corrected chi connectivity index (χ1v) is 7.47. The summed E-state index contributed by atoms with van der Waals surface area (Å²) in [4.78, 5) is 26.9. The van der Waals surface area contributed by atoms with Crippen molar-refractivity contribution in [2.75, 3.05) is 0 Å². The minimum atomic E-state index is -1.19. The van der Waals surface area contributed by atoms with Crippen LogP contribution in [0.4, 0.5) is 4.79 Å². The lowest BCUT2D eigenvalue weighted by atomic mass is 10.1. The molecular weight excluding hydrogens is 312 g/mol. The molecule has 0 aliphatic heterocycles. The van der Waals surface area contributed by atoms with Crippen molar-refractivity contribution in [1.82, 2.24) is 10.3 Å². The SMILES string of the molecule is CC(C)(C)OC(=O)N[C@@H](Cc1ccccc1)c1nc(C(=O)O)co1. The van der Waals surface area contributed by atoms with Gasteiger partial charge in [-0.3, -0.25) is 0 Å². The van der Waals surface area contributed by atoms with E-state index in [-0.39, 0.29) is 11.6 Å². The van der Waals surface area contributed by atoms with E-state index in [2.05, 4.69) is 10.3 Å². The molecule has 7 nitrogen and oxygen atoms in total. The molecule has 1 amide bonds. The van der Waals surface area contributed by atoms with Gasteiger partial charge in [0, 0.05) is 6.42 Å². The van der Waals surface area contributed by atoms with Gasteiger partial charge in [-0.25, -0.2) is 14.6 Å². The summed E-state index contributed by atoms with van der Waals surface area (Å²) in [5.41, 5.74) is 0.0761. The number of carbonyl (C=O) groups excluding carboxylic acids is 1. The van der Waals surface area contributed by atoms with E-state index in [1.54, 1.807) is 20.8 Å². The highest BCUT2D eigenvalue weighted by Gasteiger charge is 2.25. The zero-order valence-corrected chi connectivity index (χ0v) is 13.8. The van der Waals surface area contributed by atoms with E-state index < -0.39 is 23.7 Å². The van der Waals surface area contributed by atoms with E-state index >= 15 is 0 Å². The van der Waals surface area contributed by atoms with Crippen molar-refractivity contribution in [2.24, 2.45) is 0 Å². The average Bonchev–Trinajstić information content (AvgIpc) is 2.95. The van der Waals surface area contributed by atoms with Gasteiger partial charge >= 0.3 is 12.1 Å². The van der Waals surface area contributed by atoms with Crippen molar-refractivity contribution in [1.29, 1.82) is 0 Å². The lowest BCUT2D eigenvalue weighted by molar-refractivity contribution is 0.0495. The first-order valence-electron chi connectivity index (χ1n) is 7.47. The molecule has 0 fully saturated rings. The Morgan fingerprint density at radius 3 is 2.50 bits per heavy atom. The maximum atomic E-state index is 12.1. The minimum absolute atomic E-state index is 0.113. The second-order valence-electron chi connectivity index (χ2n) is 6.26. The Hall–Kier alpha value is -2.83. The van der Waals surface area contributed by atoms with Crippen LogP contribution in [0.1, 0.15) is 48.8 Å². The number of oxazole rings is 1. The summed E-state index contributed by atoms with van der Waals surface area (Å²) in [7, 11) is 0. The largest absolute Gasteiger partial charge is 0.476 e. The molecule has 7 heteroatoms. The number of carboxylic acid groups (broad SMARTS) is 1. The topological polar surface area (TPSA) is 102 Å². The first kappa shape index (κ1) is 17.5. The molecule has 2 rings (SSSR count). The Morgan fingerprint density at radius 1 is 1.29 bits per heavy atom. The number of rotatable bonds is 5. The number of hydrogen-bond donors (Lipinski definition) is 2. The van der Waals surface area contributed by atoms with E-state index in [1.807, 2.05) is 30.3 Å². The number of nitrogens with zero attached hydrogens (tertiary/aromatic N) is 1. The highest BCUT2D eigenvalue weighted by molar-refractivity contribution is 5.84. The molecule has 128 valence electrons. The third-order valence-corrected chi connectivity index (χ3v) is 3.01. The second-order valence-corrected chi connectivity index (χ2v) is 6.26. The van der Waals surface area contributed by atoms with Gasteiger partial charge in [0.1, 0.15) is 17.9 Å². The molecule has 24 heavy (non-hydrogen) atoms. The molecule has 1 aromatic heterocycles. The van der Waals surface area contributed by atoms with Crippen LogP contribution in [0.2, 0.25) is 0 Å². The Morgan fingerprint density at radius 2 is 1.96 bits per heavy atom. The number of hydrogen-bond acceptors (Lipinski definition) is 5. The number of carbonyl (C=O) groups is 2. The van der Waals surface area contributed by atoms with E-state index in [0.29, 0.717) is 6.42 Å². The molecule has 2 N–H and O–H groups in total. The third kappa shape index (κ3) is 5.12. The Kier molecular flexibility index (Phi) is 5.23. The third-order valence-electron chi connectivity index (χ3n) is 3.01. The lowest BCUT2D eigenvalue weighted by Crippen LogP contribution is -2.36. The normalized spacial score (nSPS) is 12.5. The standard InChI is InChI=1S/C17H20N2O5/c1-17(2,3)24-16(22)19-12(9-11-7-5-4-6-8-11)14-18-13(10-23-14)15(20)21/h4-8,10,12H,9H2,1-3H3,(H,19,22)(H,20,21)/t12-/m0/s1.